The zero-order valence-corrected chi connectivity index (χ0v) is 8.64. The van der Waals surface area contributed by atoms with Crippen LogP contribution in [-0.2, 0) is 0 Å². The Kier molecular flexibility index (Phi) is 4.03. The highest BCUT2D eigenvalue weighted by molar-refractivity contribution is 5.61. The second-order valence-electron chi connectivity index (χ2n) is 2.66. The summed E-state index contributed by atoms with van der Waals surface area (Å²) in [4.78, 5) is 17.7. The van der Waals surface area contributed by atoms with E-state index >= 15 is 0 Å². The summed E-state index contributed by atoms with van der Waals surface area (Å²) in [5.41, 5.74) is -0.306. The average molecular weight is 222 g/mol. The van der Waals surface area contributed by atoms with Gasteiger partial charge in [-0.3, -0.25) is 10.1 Å². The average Bonchev–Trinajstić information content (AvgIpc) is 2.26. The number of nitro groups is 1. The fourth-order valence-corrected chi connectivity index (χ4v) is 1.04. The molecule has 0 atom stereocenters. The predicted molar refractivity (Wildman–Crippen MR) is 57.2 cm³/mol. The third-order valence-electron chi connectivity index (χ3n) is 1.61. The van der Waals surface area contributed by atoms with Crippen molar-refractivity contribution in [1.29, 1.82) is 0 Å². The fraction of sp³-hybridized carbons (Fsp3) is 0.333. The van der Waals surface area contributed by atoms with Crippen molar-refractivity contribution in [3.63, 3.8) is 0 Å². The number of ether oxygens (including phenoxy) is 1. The highest BCUT2D eigenvalue weighted by Gasteiger charge is 2.23. The molecule has 16 heavy (non-hydrogen) atoms. The van der Waals surface area contributed by atoms with Gasteiger partial charge >= 0.3 is 11.6 Å². The van der Waals surface area contributed by atoms with Crippen LogP contribution >= 0.6 is 0 Å². The van der Waals surface area contributed by atoms with Gasteiger partial charge in [-0.05, 0) is 6.92 Å². The molecule has 0 unspecified atom stereocenters. The first-order valence-electron chi connectivity index (χ1n) is 4.50. The quantitative estimate of drug-likeness (QED) is 0.450. The molecule has 0 aliphatic rings. The molecule has 0 bridgehead atoms. The van der Waals surface area contributed by atoms with Crippen molar-refractivity contribution in [2.45, 2.75) is 6.92 Å². The second kappa shape index (κ2) is 5.50. The molecule has 0 saturated carbocycles. The molecule has 1 heterocycles. The lowest BCUT2D eigenvalue weighted by Gasteiger charge is -2.06. The van der Waals surface area contributed by atoms with E-state index in [9.17, 15) is 10.1 Å². The van der Waals surface area contributed by atoms with Gasteiger partial charge < -0.3 is 10.1 Å². The van der Waals surface area contributed by atoms with E-state index < -0.39 is 4.92 Å². The number of hydrogen-bond acceptors (Lipinski definition) is 6. The highest BCUT2D eigenvalue weighted by atomic mass is 16.6. The standard InChI is InChI=1S/C9H10N4O3/c1-3-5-16-9-7(13(14)15)8(10-4-2)11-6-12-9/h1,6H,4-5H2,2H3,(H,10,11,12). The van der Waals surface area contributed by atoms with E-state index in [0.717, 1.165) is 0 Å². The molecule has 84 valence electrons. The molecule has 0 spiro atoms. The van der Waals surface area contributed by atoms with Crippen molar-refractivity contribution in [2.75, 3.05) is 18.5 Å². The van der Waals surface area contributed by atoms with Crippen LogP contribution in [-0.4, -0.2) is 28.0 Å². The lowest BCUT2D eigenvalue weighted by Crippen LogP contribution is -2.07. The van der Waals surface area contributed by atoms with E-state index in [1.165, 1.54) is 6.33 Å². The first kappa shape index (κ1) is 11.7. The number of aromatic nitrogens is 2. The summed E-state index contributed by atoms with van der Waals surface area (Å²) in [7, 11) is 0. The van der Waals surface area contributed by atoms with Gasteiger partial charge in [-0.15, -0.1) is 6.42 Å². The van der Waals surface area contributed by atoms with Crippen LogP contribution in [0, 0.1) is 22.5 Å². The molecule has 7 heteroatoms. The number of nitrogens with zero attached hydrogens (tertiary/aromatic N) is 3. The smallest absolute Gasteiger partial charge is 0.372 e. The Bertz CT molecular complexity index is 427. The van der Waals surface area contributed by atoms with Crippen LogP contribution in [0.5, 0.6) is 5.88 Å². The predicted octanol–water partition coefficient (Wildman–Crippen LogP) is 0.829. The Balaban J connectivity index is 3.11. The van der Waals surface area contributed by atoms with Gasteiger partial charge in [0.25, 0.3) is 0 Å². The van der Waals surface area contributed by atoms with E-state index in [-0.39, 0.29) is 24.0 Å². The summed E-state index contributed by atoms with van der Waals surface area (Å²) in [5.74, 6) is 2.20. The zero-order chi connectivity index (χ0) is 12.0. The minimum absolute atomic E-state index is 0.0799. The maximum atomic E-state index is 10.8. The molecule has 0 fully saturated rings. The van der Waals surface area contributed by atoms with Gasteiger partial charge in [0.1, 0.15) is 6.33 Å². The first-order chi connectivity index (χ1) is 7.70. The van der Waals surface area contributed by atoms with Gasteiger partial charge in [0.05, 0.1) is 4.92 Å². The number of hydrogen-bond donors (Lipinski definition) is 1. The normalized spacial score (nSPS) is 9.25. The SMILES string of the molecule is C#CCOc1ncnc(NCC)c1[N+](=O)[O-]. The van der Waals surface area contributed by atoms with Crippen LogP contribution in [0.1, 0.15) is 6.92 Å². The van der Waals surface area contributed by atoms with Crippen molar-refractivity contribution in [2.24, 2.45) is 0 Å². The molecule has 0 aliphatic carbocycles. The van der Waals surface area contributed by atoms with Gasteiger partial charge in [-0.25, -0.2) is 4.98 Å². The molecule has 7 nitrogen and oxygen atoms in total. The minimum atomic E-state index is -0.607. The van der Waals surface area contributed by atoms with Crippen LogP contribution in [0.2, 0.25) is 0 Å². The van der Waals surface area contributed by atoms with Gasteiger partial charge in [0.2, 0.25) is 5.82 Å². The number of rotatable bonds is 5. The molecule has 0 saturated heterocycles. The summed E-state index contributed by atoms with van der Waals surface area (Å²) in [6, 6.07) is 0. The second-order valence-corrected chi connectivity index (χ2v) is 2.66. The molecule has 1 aromatic rings. The molecular weight excluding hydrogens is 212 g/mol. The molecular formula is C9H10N4O3. The van der Waals surface area contributed by atoms with E-state index in [1.54, 1.807) is 6.92 Å². The molecule has 0 amide bonds. The summed E-state index contributed by atoms with van der Waals surface area (Å²) in [6.45, 7) is 2.23. The van der Waals surface area contributed by atoms with Gasteiger partial charge in [-0.2, -0.15) is 4.98 Å². The molecule has 1 aromatic heterocycles. The summed E-state index contributed by atoms with van der Waals surface area (Å²) < 4.78 is 4.97. The lowest BCUT2D eigenvalue weighted by atomic mass is 10.4. The topological polar surface area (TPSA) is 90.2 Å². The Hall–Kier alpha value is -2.36. The van der Waals surface area contributed by atoms with Crippen molar-refractivity contribution in [3.8, 4) is 18.2 Å². The van der Waals surface area contributed by atoms with E-state index in [1.807, 2.05) is 0 Å². The van der Waals surface area contributed by atoms with E-state index in [2.05, 4.69) is 21.2 Å². The largest absolute Gasteiger partial charge is 0.459 e. The number of anilines is 1. The highest BCUT2D eigenvalue weighted by Crippen LogP contribution is 2.30. The van der Waals surface area contributed by atoms with Gasteiger partial charge in [-0.1, -0.05) is 5.92 Å². The Morgan fingerprint density at radius 2 is 2.44 bits per heavy atom. The molecule has 1 rings (SSSR count). The molecule has 0 aliphatic heterocycles. The first-order valence-corrected chi connectivity index (χ1v) is 4.50. The third-order valence-corrected chi connectivity index (χ3v) is 1.61. The summed E-state index contributed by atoms with van der Waals surface area (Å²) >= 11 is 0. The lowest BCUT2D eigenvalue weighted by molar-refractivity contribution is -0.385. The van der Waals surface area contributed by atoms with Gasteiger partial charge in [0.15, 0.2) is 6.61 Å². The maximum absolute atomic E-state index is 10.8. The summed E-state index contributed by atoms with van der Waals surface area (Å²) in [6.07, 6.45) is 6.17. The van der Waals surface area contributed by atoms with Gasteiger partial charge in [0, 0.05) is 6.54 Å². The maximum Gasteiger partial charge on any atom is 0.372 e. The van der Waals surface area contributed by atoms with E-state index in [4.69, 9.17) is 11.2 Å². The van der Waals surface area contributed by atoms with Crippen molar-refractivity contribution < 1.29 is 9.66 Å². The monoisotopic (exact) mass is 222 g/mol. The van der Waals surface area contributed by atoms with Crippen LogP contribution in [0.4, 0.5) is 11.5 Å². The molecule has 1 N–H and O–H groups in total. The van der Waals surface area contributed by atoms with Crippen molar-refractivity contribution in [3.05, 3.63) is 16.4 Å². The Morgan fingerprint density at radius 1 is 1.69 bits per heavy atom. The van der Waals surface area contributed by atoms with Crippen LogP contribution in [0.25, 0.3) is 0 Å². The number of nitrogens with one attached hydrogen (secondary N) is 1. The van der Waals surface area contributed by atoms with Crippen LogP contribution < -0.4 is 10.1 Å². The minimum Gasteiger partial charge on any atom is -0.459 e. The number of terminal acetylenes is 1. The summed E-state index contributed by atoms with van der Waals surface area (Å²) in [5, 5.41) is 13.6. The van der Waals surface area contributed by atoms with Crippen molar-refractivity contribution >= 4 is 11.5 Å². The Labute approximate surface area is 92.0 Å². The van der Waals surface area contributed by atoms with Crippen LogP contribution in [0.3, 0.4) is 0 Å². The molecule has 0 aromatic carbocycles. The zero-order valence-electron chi connectivity index (χ0n) is 8.64. The Morgan fingerprint density at radius 3 is 3.00 bits per heavy atom. The fourth-order valence-electron chi connectivity index (χ4n) is 1.04. The molecule has 0 radical (unpaired) electrons. The van der Waals surface area contributed by atoms with Crippen molar-refractivity contribution in [1.82, 2.24) is 9.97 Å². The third kappa shape index (κ3) is 2.57. The van der Waals surface area contributed by atoms with Crippen LogP contribution in [0.15, 0.2) is 6.33 Å². The van der Waals surface area contributed by atoms with E-state index in [0.29, 0.717) is 6.54 Å².